The third-order valence-corrected chi connectivity index (χ3v) is 3.09. The topological polar surface area (TPSA) is 62.1 Å². The molecule has 19 heavy (non-hydrogen) atoms. The van der Waals surface area contributed by atoms with Gasteiger partial charge in [0.25, 0.3) is 0 Å². The number of amides is 1. The van der Waals surface area contributed by atoms with Crippen molar-refractivity contribution in [3.8, 4) is 11.8 Å². The van der Waals surface area contributed by atoms with E-state index < -0.39 is 5.92 Å². The third kappa shape index (κ3) is 3.72. The molecule has 1 unspecified atom stereocenters. The predicted molar refractivity (Wildman–Crippen MR) is 71.6 cm³/mol. The molecule has 1 aromatic rings. The van der Waals surface area contributed by atoms with Crippen molar-refractivity contribution in [3.05, 3.63) is 29.8 Å². The van der Waals surface area contributed by atoms with Crippen LogP contribution < -0.4 is 10.1 Å². The molecule has 0 aliphatic heterocycles. The molecular weight excluding hydrogens is 240 g/mol. The highest BCUT2D eigenvalue weighted by Crippen LogP contribution is 2.23. The van der Waals surface area contributed by atoms with Gasteiger partial charge >= 0.3 is 0 Å². The maximum atomic E-state index is 11.9. The van der Waals surface area contributed by atoms with E-state index in [1.54, 1.807) is 0 Å². The van der Waals surface area contributed by atoms with Gasteiger partial charge in [0.15, 0.2) is 0 Å². The van der Waals surface area contributed by atoms with Gasteiger partial charge in [-0.15, -0.1) is 0 Å². The van der Waals surface area contributed by atoms with E-state index in [0.717, 1.165) is 24.2 Å². The lowest BCUT2D eigenvalue weighted by Crippen LogP contribution is -2.32. The molecule has 1 amide bonds. The van der Waals surface area contributed by atoms with Crippen molar-refractivity contribution in [2.45, 2.75) is 32.2 Å². The first-order valence-corrected chi connectivity index (χ1v) is 6.65. The SMILES string of the molecule is CCOc1ccccc1CC(C#N)C(=O)NC1CC1. The molecule has 1 aromatic carbocycles. The normalized spacial score (nSPS) is 15.4. The Hall–Kier alpha value is -2.02. The summed E-state index contributed by atoms with van der Waals surface area (Å²) in [5.74, 6) is -0.0667. The van der Waals surface area contributed by atoms with Crippen LogP contribution in [0.2, 0.25) is 0 Å². The minimum Gasteiger partial charge on any atom is -0.494 e. The summed E-state index contributed by atoms with van der Waals surface area (Å²) in [5.41, 5.74) is 0.904. The third-order valence-electron chi connectivity index (χ3n) is 3.09. The van der Waals surface area contributed by atoms with Crippen LogP contribution in [0.3, 0.4) is 0 Å². The zero-order chi connectivity index (χ0) is 13.7. The van der Waals surface area contributed by atoms with Gasteiger partial charge in [-0.3, -0.25) is 4.79 Å². The van der Waals surface area contributed by atoms with Crippen LogP contribution in [0.5, 0.6) is 5.75 Å². The zero-order valence-corrected chi connectivity index (χ0v) is 11.1. The van der Waals surface area contributed by atoms with Crippen LogP contribution in [0.25, 0.3) is 0 Å². The Labute approximate surface area is 113 Å². The Morgan fingerprint density at radius 1 is 1.53 bits per heavy atom. The minimum absolute atomic E-state index is 0.170. The number of nitriles is 1. The second-order valence-corrected chi connectivity index (χ2v) is 4.71. The molecule has 1 aliphatic rings. The van der Waals surface area contributed by atoms with Crippen molar-refractivity contribution in [1.82, 2.24) is 5.32 Å². The molecule has 0 radical (unpaired) electrons. The van der Waals surface area contributed by atoms with E-state index in [-0.39, 0.29) is 11.9 Å². The fourth-order valence-electron chi connectivity index (χ4n) is 1.92. The van der Waals surface area contributed by atoms with E-state index in [1.807, 2.05) is 31.2 Å². The smallest absolute Gasteiger partial charge is 0.237 e. The molecule has 4 heteroatoms. The van der Waals surface area contributed by atoms with Gasteiger partial charge in [0, 0.05) is 12.5 Å². The molecule has 0 spiro atoms. The number of carbonyl (C=O) groups is 1. The standard InChI is InChI=1S/C15H18N2O2/c1-2-19-14-6-4-3-5-11(14)9-12(10-16)15(18)17-13-7-8-13/h3-6,12-13H,2,7-9H2,1H3,(H,17,18). The van der Waals surface area contributed by atoms with Gasteiger partial charge < -0.3 is 10.1 Å². The molecule has 0 bridgehead atoms. The zero-order valence-electron chi connectivity index (χ0n) is 11.1. The molecule has 1 atom stereocenters. The van der Waals surface area contributed by atoms with E-state index in [0.29, 0.717) is 13.0 Å². The monoisotopic (exact) mass is 258 g/mol. The number of ether oxygens (including phenoxy) is 1. The molecular formula is C15H18N2O2. The Morgan fingerprint density at radius 2 is 2.26 bits per heavy atom. The number of nitrogens with one attached hydrogen (secondary N) is 1. The Balaban J connectivity index is 2.04. The maximum absolute atomic E-state index is 11.9. The summed E-state index contributed by atoms with van der Waals surface area (Å²) >= 11 is 0. The summed E-state index contributed by atoms with van der Waals surface area (Å²) in [6, 6.07) is 9.92. The van der Waals surface area contributed by atoms with Crippen LogP contribution in [-0.4, -0.2) is 18.6 Å². The van der Waals surface area contributed by atoms with Gasteiger partial charge in [-0.2, -0.15) is 5.26 Å². The van der Waals surface area contributed by atoms with Crippen molar-refractivity contribution in [3.63, 3.8) is 0 Å². The average molecular weight is 258 g/mol. The van der Waals surface area contributed by atoms with Crippen LogP contribution in [0.4, 0.5) is 0 Å². The lowest BCUT2D eigenvalue weighted by molar-refractivity contribution is -0.123. The number of rotatable bonds is 6. The quantitative estimate of drug-likeness (QED) is 0.849. The van der Waals surface area contributed by atoms with Crippen LogP contribution in [0.15, 0.2) is 24.3 Å². The first kappa shape index (κ1) is 13.4. The van der Waals surface area contributed by atoms with Gasteiger partial charge in [0.2, 0.25) is 5.91 Å². The summed E-state index contributed by atoms with van der Waals surface area (Å²) in [4.78, 5) is 11.9. The van der Waals surface area contributed by atoms with Crippen LogP contribution in [-0.2, 0) is 11.2 Å². The van der Waals surface area contributed by atoms with Crippen LogP contribution in [0, 0.1) is 17.2 Å². The van der Waals surface area contributed by atoms with Crippen molar-refractivity contribution in [2.24, 2.45) is 5.92 Å². The molecule has 0 aromatic heterocycles. The molecule has 0 heterocycles. The summed E-state index contributed by atoms with van der Waals surface area (Å²) in [6.07, 6.45) is 2.45. The highest BCUT2D eigenvalue weighted by Gasteiger charge is 2.28. The van der Waals surface area contributed by atoms with E-state index in [1.165, 1.54) is 0 Å². The number of para-hydroxylation sites is 1. The van der Waals surface area contributed by atoms with Crippen molar-refractivity contribution < 1.29 is 9.53 Å². The van der Waals surface area contributed by atoms with Gasteiger partial charge in [0.1, 0.15) is 11.7 Å². The van der Waals surface area contributed by atoms with Gasteiger partial charge in [0.05, 0.1) is 12.7 Å². The Morgan fingerprint density at radius 3 is 2.89 bits per heavy atom. The number of benzene rings is 1. The van der Waals surface area contributed by atoms with Crippen molar-refractivity contribution >= 4 is 5.91 Å². The molecule has 4 nitrogen and oxygen atoms in total. The number of carbonyl (C=O) groups excluding carboxylic acids is 1. The molecule has 100 valence electrons. The average Bonchev–Trinajstić information content (AvgIpc) is 3.21. The maximum Gasteiger partial charge on any atom is 0.237 e. The van der Waals surface area contributed by atoms with Gasteiger partial charge in [-0.1, -0.05) is 18.2 Å². The molecule has 2 rings (SSSR count). The van der Waals surface area contributed by atoms with Crippen LogP contribution >= 0.6 is 0 Å². The highest BCUT2D eigenvalue weighted by atomic mass is 16.5. The van der Waals surface area contributed by atoms with E-state index in [4.69, 9.17) is 10.00 Å². The first-order valence-electron chi connectivity index (χ1n) is 6.65. The minimum atomic E-state index is -0.651. The summed E-state index contributed by atoms with van der Waals surface area (Å²) < 4.78 is 5.51. The van der Waals surface area contributed by atoms with Crippen molar-refractivity contribution in [2.75, 3.05) is 6.61 Å². The molecule has 0 saturated heterocycles. The summed E-state index contributed by atoms with van der Waals surface area (Å²) in [5, 5.41) is 12.0. The Bertz CT molecular complexity index is 489. The second-order valence-electron chi connectivity index (χ2n) is 4.71. The molecule has 1 aliphatic carbocycles. The fraction of sp³-hybridized carbons (Fsp3) is 0.467. The van der Waals surface area contributed by atoms with E-state index >= 15 is 0 Å². The van der Waals surface area contributed by atoms with E-state index in [2.05, 4.69) is 11.4 Å². The number of nitrogens with zero attached hydrogens (tertiary/aromatic N) is 1. The number of hydrogen-bond acceptors (Lipinski definition) is 3. The molecule has 1 N–H and O–H groups in total. The summed E-state index contributed by atoms with van der Waals surface area (Å²) in [6.45, 7) is 2.49. The second kappa shape index (κ2) is 6.24. The number of hydrogen-bond donors (Lipinski definition) is 1. The summed E-state index contributed by atoms with van der Waals surface area (Å²) in [7, 11) is 0. The highest BCUT2D eigenvalue weighted by molar-refractivity contribution is 5.82. The van der Waals surface area contributed by atoms with Crippen LogP contribution in [0.1, 0.15) is 25.3 Å². The van der Waals surface area contributed by atoms with Gasteiger partial charge in [-0.05, 0) is 31.4 Å². The van der Waals surface area contributed by atoms with Gasteiger partial charge in [-0.25, -0.2) is 0 Å². The fourth-order valence-corrected chi connectivity index (χ4v) is 1.92. The van der Waals surface area contributed by atoms with E-state index in [9.17, 15) is 4.79 Å². The lowest BCUT2D eigenvalue weighted by atomic mass is 9.99. The first-order chi connectivity index (χ1) is 9.24. The Kier molecular flexibility index (Phi) is 4.40. The largest absolute Gasteiger partial charge is 0.494 e. The molecule has 1 saturated carbocycles. The van der Waals surface area contributed by atoms with Crippen molar-refractivity contribution in [1.29, 1.82) is 5.26 Å². The predicted octanol–water partition coefficient (Wildman–Crippen LogP) is 2.05. The molecule has 1 fully saturated rings. The lowest BCUT2D eigenvalue weighted by Gasteiger charge is -2.13.